The second kappa shape index (κ2) is 10.7. The van der Waals surface area contributed by atoms with Gasteiger partial charge >= 0.3 is 0 Å². The van der Waals surface area contributed by atoms with Crippen LogP contribution in [0.2, 0.25) is 0 Å². The van der Waals surface area contributed by atoms with Crippen molar-refractivity contribution in [3.63, 3.8) is 0 Å². The fourth-order valence-corrected chi connectivity index (χ4v) is 7.76. The molecule has 6 heteroatoms. The Morgan fingerprint density at radius 3 is 1.51 bits per heavy atom. The number of furan rings is 1. The van der Waals surface area contributed by atoms with Crippen LogP contribution in [0.15, 0.2) is 168 Å². The summed E-state index contributed by atoms with van der Waals surface area (Å²) < 4.78 is 10.7. The van der Waals surface area contributed by atoms with Crippen LogP contribution in [0.25, 0.3) is 100.0 Å². The number of rotatable bonds is 4. The van der Waals surface area contributed by atoms with Crippen molar-refractivity contribution in [1.29, 1.82) is 0 Å². The van der Waals surface area contributed by atoms with Crippen LogP contribution in [-0.2, 0) is 0 Å². The molecule has 0 aliphatic carbocycles. The first-order chi connectivity index (χ1) is 25.3. The van der Waals surface area contributed by atoms with Crippen LogP contribution in [0.4, 0.5) is 0 Å². The molecule has 6 nitrogen and oxygen atoms in total. The predicted octanol–water partition coefficient (Wildman–Crippen LogP) is 11.3. The van der Waals surface area contributed by atoms with E-state index in [1.807, 2.05) is 30.3 Å². The third-order valence-corrected chi connectivity index (χ3v) is 10.0. The molecule has 0 aliphatic heterocycles. The minimum atomic E-state index is 0.557. The zero-order chi connectivity index (χ0) is 33.5. The van der Waals surface area contributed by atoms with Gasteiger partial charge in [0.25, 0.3) is 0 Å². The van der Waals surface area contributed by atoms with Gasteiger partial charge in [0.2, 0.25) is 5.95 Å². The molecule has 4 aromatic heterocycles. The second-order valence-electron chi connectivity index (χ2n) is 12.8. The predicted molar refractivity (Wildman–Crippen MR) is 207 cm³/mol. The molecular formula is C45H27N5O. The Kier molecular flexibility index (Phi) is 5.86. The molecule has 0 spiro atoms. The van der Waals surface area contributed by atoms with E-state index in [-0.39, 0.29) is 0 Å². The molecule has 0 radical (unpaired) electrons. The van der Waals surface area contributed by atoms with Crippen molar-refractivity contribution in [3.05, 3.63) is 164 Å². The van der Waals surface area contributed by atoms with Crippen molar-refractivity contribution in [2.45, 2.75) is 0 Å². The molecule has 0 atom stereocenters. The first-order valence-corrected chi connectivity index (χ1v) is 17.0. The SMILES string of the molecule is c1ccc(-n2c3ccccc3c3ccccc32)c(-c2nc(-c3ccc4oc5ccccc5c4c3)nc(-n3c4ccccc4c4ccccc43)n2)c1. The third kappa shape index (κ3) is 4.14. The Balaban J connectivity index is 1.22. The van der Waals surface area contributed by atoms with Crippen molar-refractivity contribution < 1.29 is 4.42 Å². The molecule has 0 amide bonds. The lowest BCUT2D eigenvalue weighted by Crippen LogP contribution is -2.07. The van der Waals surface area contributed by atoms with Gasteiger partial charge in [0.05, 0.1) is 27.8 Å². The third-order valence-electron chi connectivity index (χ3n) is 10.0. The highest BCUT2D eigenvalue weighted by molar-refractivity contribution is 6.11. The van der Waals surface area contributed by atoms with Gasteiger partial charge in [0.15, 0.2) is 11.6 Å². The Morgan fingerprint density at radius 1 is 0.373 bits per heavy atom. The molecular weight excluding hydrogens is 627 g/mol. The van der Waals surface area contributed by atoms with Crippen LogP contribution in [0.5, 0.6) is 0 Å². The molecule has 0 fully saturated rings. The molecule has 7 aromatic carbocycles. The summed E-state index contributed by atoms with van der Waals surface area (Å²) >= 11 is 0. The molecule has 11 rings (SSSR count). The largest absolute Gasteiger partial charge is 0.456 e. The van der Waals surface area contributed by atoms with Gasteiger partial charge in [-0.1, -0.05) is 103 Å². The van der Waals surface area contributed by atoms with Gasteiger partial charge in [-0.05, 0) is 60.7 Å². The van der Waals surface area contributed by atoms with Gasteiger partial charge in [-0.3, -0.25) is 4.57 Å². The number of fused-ring (bicyclic) bond motifs is 9. The van der Waals surface area contributed by atoms with E-state index in [0.717, 1.165) is 71.6 Å². The van der Waals surface area contributed by atoms with E-state index in [4.69, 9.17) is 19.4 Å². The topological polar surface area (TPSA) is 61.7 Å². The van der Waals surface area contributed by atoms with E-state index in [1.54, 1.807) is 0 Å². The zero-order valence-electron chi connectivity index (χ0n) is 27.2. The molecule has 4 heterocycles. The average Bonchev–Trinajstić information content (AvgIpc) is 3.85. The van der Waals surface area contributed by atoms with Crippen molar-refractivity contribution >= 4 is 65.6 Å². The number of aromatic nitrogens is 5. The van der Waals surface area contributed by atoms with E-state index < -0.39 is 0 Å². The highest BCUT2D eigenvalue weighted by Gasteiger charge is 2.21. The lowest BCUT2D eigenvalue weighted by molar-refractivity contribution is 0.669. The van der Waals surface area contributed by atoms with Gasteiger partial charge in [0, 0.05) is 43.4 Å². The van der Waals surface area contributed by atoms with Gasteiger partial charge in [-0.25, -0.2) is 4.98 Å². The summed E-state index contributed by atoms with van der Waals surface area (Å²) in [6.07, 6.45) is 0. The van der Waals surface area contributed by atoms with E-state index in [1.165, 1.54) is 10.8 Å². The average molecular weight is 654 g/mol. The maximum absolute atomic E-state index is 6.18. The second-order valence-corrected chi connectivity index (χ2v) is 12.8. The van der Waals surface area contributed by atoms with E-state index in [2.05, 4.69) is 143 Å². The minimum Gasteiger partial charge on any atom is -0.456 e. The molecule has 0 aliphatic rings. The Hall–Kier alpha value is -7.05. The fraction of sp³-hybridized carbons (Fsp3) is 0. The fourth-order valence-electron chi connectivity index (χ4n) is 7.76. The van der Waals surface area contributed by atoms with E-state index in [0.29, 0.717) is 17.6 Å². The minimum absolute atomic E-state index is 0.557. The molecule has 238 valence electrons. The maximum Gasteiger partial charge on any atom is 0.238 e. The van der Waals surface area contributed by atoms with Crippen LogP contribution < -0.4 is 0 Å². The number of hydrogen-bond donors (Lipinski definition) is 0. The zero-order valence-corrected chi connectivity index (χ0v) is 27.2. The molecule has 0 N–H and O–H groups in total. The molecule has 0 saturated carbocycles. The Bertz CT molecular complexity index is 3060. The van der Waals surface area contributed by atoms with Crippen LogP contribution >= 0.6 is 0 Å². The number of nitrogens with zero attached hydrogens (tertiary/aromatic N) is 5. The lowest BCUT2D eigenvalue weighted by Gasteiger charge is -2.15. The van der Waals surface area contributed by atoms with E-state index in [9.17, 15) is 0 Å². The van der Waals surface area contributed by atoms with Gasteiger partial charge in [-0.15, -0.1) is 0 Å². The van der Waals surface area contributed by atoms with Crippen molar-refractivity contribution in [3.8, 4) is 34.4 Å². The number of para-hydroxylation sites is 6. The summed E-state index contributed by atoms with van der Waals surface area (Å²) in [7, 11) is 0. The van der Waals surface area contributed by atoms with Gasteiger partial charge in [-0.2, -0.15) is 9.97 Å². The molecule has 0 saturated heterocycles. The van der Waals surface area contributed by atoms with Crippen LogP contribution in [0.1, 0.15) is 0 Å². The van der Waals surface area contributed by atoms with Gasteiger partial charge < -0.3 is 8.98 Å². The van der Waals surface area contributed by atoms with Crippen LogP contribution in [-0.4, -0.2) is 24.1 Å². The van der Waals surface area contributed by atoms with E-state index >= 15 is 0 Å². The summed E-state index contributed by atoms with van der Waals surface area (Å²) in [6, 6.07) is 56.7. The lowest BCUT2D eigenvalue weighted by atomic mass is 10.1. The first-order valence-electron chi connectivity index (χ1n) is 17.0. The monoisotopic (exact) mass is 653 g/mol. The normalized spacial score (nSPS) is 11.9. The summed E-state index contributed by atoms with van der Waals surface area (Å²) in [6.45, 7) is 0. The molecule has 11 aromatic rings. The first kappa shape index (κ1) is 27.9. The molecule has 0 unspecified atom stereocenters. The smallest absolute Gasteiger partial charge is 0.238 e. The Labute approximate surface area is 291 Å². The number of hydrogen-bond acceptors (Lipinski definition) is 4. The quantitative estimate of drug-likeness (QED) is 0.190. The highest BCUT2D eigenvalue weighted by Crippen LogP contribution is 2.38. The molecule has 0 bridgehead atoms. The summed E-state index contributed by atoms with van der Waals surface area (Å²) in [4.78, 5) is 15.8. The van der Waals surface area contributed by atoms with Gasteiger partial charge in [0.1, 0.15) is 11.2 Å². The van der Waals surface area contributed by atoms with Crippen LogP contribution in [0, 0.1) is 0 Å². The highest BCUT2D eigenvalue weighted by atomic mass is 16.3. The van der Waals surface area contributed by atoms with Crippen LogP contribution in [0.3, 0.4) is 0 Å². The summed E-state index contributed by atoms with van der Waals surface area (Å²) in [5, 5.41) is 6.77. The molecule has 51 heavy (non-hydrogen) atoms. The van der Waals surface area contributed by atoms with Crippen molar-refractivity contribution in [1.82, 2.24) is 24.1 Å². The van der Waals surface area contributed by atoms with Crippen molar-refractivity contribution in [2.75, 3.05) is 0 Å². The van der Waals surface area contributed by atoms with Crippen molar-refractivity contribution in [2.24, 2.45) is 0 Å². The summed E-state index contributed by atoms with van der Waals surface area (Å²) in [5.74, 6) is 1.73. The standard InChI is InChI=1S/C45H27N5O/c1-7-19-36-29(13-1)30-14-2-8-20-37(30)49(36)40-23-11-5-18-34(40)44-46-43(28-25-26-42-35(27-28)33-17-6-12-24-41(33)51-42)47-45(48-44)50-38-21-9-3-15-31(38)32-16-4-10-22-39(32)50/h1-27H. The Morgan fingerprint density at radius 2 is 0.863 bits per heavy atom. The summed E-state index contributed by atoms with van der Waals surface area (Å²) in [5.41, 5.74) is 8.79. The number of benzene rings is 7. The maximum atomic E-state index is 6.18.